The topological polar surface area (TPSA) is 126 Å². The van der Waals surface area contributed by atoms with Crippen molar-refractivity contribution in [2.24, 2.45) is 0 Å². The minimum Gasteiger partial charge on any atom is -0.394 e. The smallest absolute Gasteiger partial charge is 0.199 e. The molecule has 2 aromatic rings. The first-order valence-corrected chi connectivity index (χ1v) is 6.26. The predicted octanol–water partition coefficient (Wildman–Crippen LogP) is -1.75. The number of aliphatic hydroxyl groups excluding tert-OH is 3. The van der Waals surface area contributed by atoms with Crippen molar-refractivity contribution in [3.8, 4) is 12.3 Å². The Morgan fingerprint density at radius 1 is 1.48 bits per heavy atom. The van der Waals surface area contributed by atoms with Gasteiger partial charge in [0.1, 0.15) is 30.2 Å². The summed E-state index contributed by atoms with van der Waals surface area (Å²) in [5.74, 6) is 2.62. The molecule has 0 radical (unpaired) electrons. The van der Waals surface area contributed by atoms with Gasteiger partial charge in [0.05, 0.1) is 12.3 Å². The Bertz CT molecular complexity index is 725. The molecule has 3 rings (SSSR count). The zero-order valence-corrected chi connectivity index (χ0v) is 10.9. The number of anilines is 1. The van der Waals surface area contributed by atoms with Gasteiger partial charge in [-0.2, -0.15) is 5.10 Å². The highest BCUT2D eigenvalue weighted by atomic mass is 16.6. The van der Waals surface area contributed by atoms with Crippen LogP contribution in [0.25, 0.3) is 5.52 Å². The van der Waals surface area contributed by atoms with Crippen molar-refractivity contribution in [3.63, 3.8) is 0 Å². The number of rotatable bonds is 2. The lowest BCUT2D eigenvalue weighted by Crippen LogP contribution is -2.40. The predicted molar refractivity (Wildman–Crippen MR) is 71.9 cm³/mol. The van der Waals surface area contributed by atoms with E-state index < -0.39 is 30.5 Å². The molecule has 1 fully saturated rings. The van der Waals surface area contributed by atoms with Crippen LogP contribution in [0.3, 0.4) is 0 Å². The zero-order chi connectivity index (χ0) is 15.2. The molecule has 0 aromatic carbocycles. The van der Waals surface area contributed by atoms with Crippen LogP contribution in [0.5, 0.6) is 0 Å². The molecule has 0 spiro atoms. The number of nitrogens with zero attached hydrogens (tertiary/aromatic N) is 3. The molecule has 0 saturated carbocycles. The highest BCUT2D eigenvalue weighted by Gasteiger charge is 2.55. The summed E-state index contributed by atoms with van der Waals surface area (Å²) in [4.78, 5) is 3.86. The first kappa shape index (κ1) is 13.8. The lowest BCUT2D eigenvalue weighted by Gasteiger charge is -2.26. The molecule has 0 aliphatic carbocycles. The molecule has 110 valence electrons. The van der Waals surface area contributed by atoms with Gasteiger partial charge in [-0.25, -0.2) is 9.50 Å². The molecule has 4 atom stereocenters. The first-order valence-electron chi connectivity index (χ1n) is 6.26. The Labute approximate surface area is 119 Å². The third-order valence-corrected chi connectivity index (χ3v) is 3.71. The van der Waals surface area contributed by atoms with Crippen molar-refractivity contribution in [2.45, 2.75) is 23.9 Å². The summed E-state index contributed by atoms with van der Waals surface area (Å²) in [6.45, 7) is -0.470. The highest BCUT2D eigenvalue weighted by Crippen LogP contribution is 2.40. The van der Waals surface area contributed by atoms with E-state index in [1.165, 1.54) is 10.8 Å². The summed E-state index contributed by atoms with van der Waals surface area (Å²) < 4.78 is 6.96. The van der Waals surface area contributed by atoms with Crippen LogP contribution in [0.2, 0.25) is 0 Å². The van der Waals surface area contributed by atoms with Crippen LogP contribution in [0, 0.1) is 12.3 Å². The van der Waals surface area contributed by atoms with Crippen LogP contribution in [-0.4, -0.2) is 54.8 Å². The van der Waals surface area contributed by atoms with Gasteiger partial charge in [0.2, 0.25) is 0 Å². The van der Waals surface area contributed by atoms with Gasteiger partial charge in [-0.15, -0.1) is 6.42 Å². The van der Waals surface area contributed by atoms with Crippen LogP contribution in [-0.2, 0) is 10.3 Å². The van der Waals surface area contributed by atoms with Gasteiger partial charge in [-0.3, -0.25) is 0 Å². The minimum absolute atomic E-state index is 0.246. The summed E-state index contributed by atoms with van der Waals surface area (Å²) in [6.07, 6.45) is 3.09. The molecule has 0 amide bonds. The lowest BCUT2D eigenvalue weighted by molar-refractivity contribution is -0.0629. The number of terminal acetylenes is 1. The van der Waals surface area contributed by atoms with Gasteiger partial charge in [0.15, 0.2) is 11.4 Å². The Morgan fingerprint density at radius 2 is 2.24 bits per heavy atom. The van der Waals surface area contributed by atoms with E-state index in [0.717, 1.165) is 0 Å². The third-order valence-electron chi connectivity index (χ3n) is 3.71. The monoisotopic (exact) mass is 290 g/mol. The molecular weight excluding hydrogens is 276 g/mol. The number of nitrogen functional groups attached to an aromatic ring is 1. The lowest BCUT2D eigenvalue weighted by atomic mass is 9.92. The molecule has 21 heavy (non-hydrogen) atoms. The summed E-state index contributed by atoms with van der Waals surface area (Å²) >= 11 is 0. The molecule has 3 heterocycles. The third kappa shape index (κ3) is 1.73. The van der Waals surface area contributed by atoms with E-state index in [4.69, 9.17) is 16.9 Å². The molecule has 8 heteroatoms. The van der Waals surface area contributed by atoms with Crippen LogP contribution in [0.1, 0.15) is 5.69 Å². The number of aromatic nitrogens is 3. The van der Waals surface area contributed by atoms with Gasteiger partial charge in [-0.1, -0.05) is 5.92 Å². The normalized spacial score (nSPS) is 32.4. The van der Waals surface area contributed by atoms with E-state index in [9.17, 15) is 15.3 Å². The number of fused-ring (bicyclic) bond motifs is 1. The molecule has 0 unspecified atom stereocenters. The van der Waals surface area contributed by atoms with Crippen molar-refractivity contribution in [3.05, 3.63) is 24.2 Å². The summed E-state index contributed by atoms with van der Waals surface area (Å²) in [7, 11) is 0. The number of aliphatic hydroxyl groups is 3. The highest BCUT2D eigenvalue weighted by molar-refractivity contribution is 5.66. The zero-order valence-electron chi connectivity index (χ0n) is 10.9. The molecule has 1 aliphatic rings. The number of nitrogens with two attached hydrogens (primary N) is 1. The Morgan fingerprint density at radius 3 is 2.86 bits per heavy atom. The molecular formula is C13H14N4O4. The second-order valence-corrected chi connectivity index (χ2v) is 4.82. The Kier molecular flexibility index (Phi) is 3.07. The summed E-state index contributed by atoms with van der Waals surface area (Å²) in [5.41, 5.74) is 4.96. The quantitative estimate of drug-likeness (QED) is 0.483. The number of ether oxygens (including phenoxy) is 1. The Hall–Kier alpha value is -2.18. The van der Waals surface area contributed by atoms with E-state index in [1.54, 1.807) is 12.1 Å². The van der Waals surface area contributed by atoms with Crippen LogP contribution in [0.15, 0.2) is 18.5 Å². The largest absolute Gasteiger partial charge is 0.394 e. The fourth-order valence-corrected chi connectivity index (χ4v) is 2.61. The van der Waals surface area contributed by atoms with E-state index in [2.05, 4.69) is 16.0 Å². The van der Waals surface area contributed by atoms with Gasteiger partial charge in [0, 0.05) is 0 Å². The first-order chi connectivity index (χ1) is 10.0. The fourth-order valence-electron chi connectivity index (χ4n) is 2.61. The molecule has 1 aliphatic heterocycles. The molecule has 2 aromatic heterocycles. The average Bonchev–Trinajstić information content (AvgIpc) is 3.03. The second-order valence-electron chi connectivity index (χ2n) is 4.82. The maximum Gasteiger partial charge on any atom is 0.199 e. The number of hydrogen-bond acceptors (Lipinski definition) is 7. The van der Waals surface area contributed by atoms with Crippen molar-refractivity contribution < 1.29 is 20.1 Å². The molecule has 8 nitrogen and oxygen atoms in total. The van der Waals surface area contributed by atoms with Crippen molar-refractivity contribution >= 4 is 11.3 Å². The van der Waals surface area contributed by atoms with E-state index in [-0.39, 0.29) is 5.82 Å². The summed E-state index contributed by atoms with van der Waals surface area (Å²) in [5, 5.41) is 33.5. The number of hydrogen-bond donors (Lipinski definition) is 4. The molecule has 1 saturated heterocycles. The van der Waals surface area contributed by atoms with Gasteiger partial charge in [-0.05, 0) is 12.1 Å². The van der Waals surface area contributed by atoms with Gasteiger partial charge < -0.3 is 25.8 Å². The summed E-state index contributed by atoms with van der Waals surface area (Å²) in [6, 6.07) is 3.23. The standard InChI is InChI=1S/C13H14N4O4/c1-2-13(11(20)10(19)8(5-18)21-13)9-4-3-7-12(14)15-6-16-17(7)9/h1,3-4,6,8,10-11,18-20H,5H2,(H2,14,15,16)/t8-,10-,11-,13+/m1/s1. The van der Waals surface area contributed by atoms with Crippen molar-refractivity contribution in [2.75, 3.05) is 12.3 Å². The van der Waals surface area contributed by atoms with Gasteiger partial charge >= 0.3 is 0 Å². The second kappa shape index (κ2) is 4.68. The minimum atomic E-state index is -1.62. The maximum absolute atomic E-state index is 10.3. The van der Waals surface area contributed by atoms with Crippen molar-refractivity contribution in [1.82, 2.24) is 14.6 Å². The average molecular weight is 290 g/mol. The maximum atomic E-state index is 10.3. The molecule has 5 N–H and O–H groups in total. The van der Waals surface area contributed by atoms with E-state index >= 15 is 0 Å². The fraction of sp³-hybridized carbons (Fsp3) is 0.385. The SMILES string of the molecule is C#C[C@@]1(c2ccc3c(N)ncnn23)O[C@H](CO)[C@@H](O)[C@H]1O. The van der Waals surface area contributed by atoms with E-state index in [0.29, 0.717) is 11.2 Å². The van der Waals surface area contributed by atoms with E-state index in [1.807, 2.05) is 0 Å². The van der Waals surface area contributed by atoms with Crippen LogP contribution >= 0.6 is 0 Å². The Balaban J connectivity index is 2.20. The van der Waals surface area contributed by atoms with Crippen LogP contribution in [0.4, 0.5) is 5.82 Å². The molecule has 0 bridgehead atoms. The van der Waals surface area contributed by atoms with Crippen molar-refractivity contribution in [1.29, 1.82) is 0 Å². The van der Waals surface area contributed by atoms with Crippen LogP contribution < -0.4 is 5.73 Å². The van der Waals surface area contributed by atoms with Gasteiger partial charge in [0.25, 0.3) is 0 Å².